The first kappa shape index (κ1) is 22.1. The molecule has 0 bridgehead atoms. The van der Waals surface area contributed by atoms with Crippen molar-refractivity contribution in [3.05, 3.63) is 77.3 Å². The van der Waals surface area contributed by atoms with Gasteiger partial charge in [0, 0.05) is 11.1 Å². The van der Waals surface area contributed by atoms with Crippen molar-refractivity contribution in [2.75, 3.05) is 13.2 Å². The third-order valence-electron chi connectivity index (χ3n) is 4.67. The highest BCUT2D eigenvalue weighted by molar-refractivity contribution is 6.13. The van der Waals surface area contributed by atoms with E-state index >= 15 is 0 Å². The molecule has 2 aromatic carbocycles. The fourth-order valence-corrected chi connectivity index (χ4v) is 3.32. The van der Waals surface area contributed by atoms with Crippen LogP contribution in [0.1, 0.15) is 30.5 Å². The van der Waals surface area contributed by atoms with Crippen molar-refractivity contribution < 1.29 is 23.5 Å². The number of nitrogens with one attached hydrogen (secondary N) is 1. The van der Waals surface area contributed by atoms with Crippen molar-refractivity contribution >= 4 is 18.0 Å². The van der Waals surface area contributed by atoms with Crippen molar-refractivity contribution in [2.24, 2.45) is 0 Å². The van der Waals surface area contributed by atoms with E-state index in [2.05, 4.69) is 11.9 Å². The van der Waals surface area contributed by atoms with Crippen molar-refractivity contribution in [2.45, 2.75) is 26.8 Å². The Morgan fingerprint density at radius 2 is 1.84 bits per heavy atom. The van der Waals surface area contributed by atoms with E-state index in [0.717, 1.165) is 10.5 Å². The van der Waals surface area contributed by atoms with Crippen LogP contribution in [0, 0.1) is 5.82 Å². The predicted octanol–water partition coefficient (Wildman–Crippen LogP) is 4.44. The first-order valence-corrected chi connectivity index (χ1v) is 10.1. The summed E-state index contributed by atoms with van der Waals surface area (Å²) in [5, 5.41) is 2.57. The zero-order valence-electron chi connectivity index (χ0n) is 17.6. The fourth-order valence-electron chi connectivity index (χ4n) is 3.32. The van der Waals surface area contributed by atoms with Crippen molar-refractivity contribution in [3.8, 4) is 11.5 Å². The van der Waals surface area contributed by atoms with Gasteiger partial charge in [-0.15, -0.1) is 6.58 Å². The highest BCUT2D eigenvalue weighted by Crippen LogP contribution is 2.35. The number of rotatable bonds is 9. The maximum Gasteiger partial charge on any atom is 0.329 e. The maximum absolute atomic E-state index is 14.0. The van der Waals surface area contributed by atoms with Crippen LogP contribution < -0.4 is 14.8 Å². The van der Waals surface area contributed by atoms with Gasteiger partial charge in [0.2, 0.25) is 0 Å². The molecule has 1 N–H and O–H groups in total. The van der Waals surface area contributed by atoms with E-state index in [1.807, 2.05) is 19.9 Å². The number of hydrogen-bond donors (Lipinski definition) is 1. The summed E-state index contributed by atoms with van der Waals surface area (Å²) in [6, 6.07) is 9.07. The van der Waals surface area contributed by atoms with Crippen molar-refractivity contribution in [1.29, 1.82) is 0 Å². The number of amides is 3. The Hall–Kier alpha value is -3.61. The van der Waals surface area contributed by atoms with Crippen LogP contribution in [-0.2, 0) is 17.8 Å². The van der Waals surface area contributed by atoms with Crippen molar-refractivity contribution in [1.82, 2.24) is 10.2 Å². The van der Waals surface area contributed by atoms with E-state index in [4.69, 9.17) is 9.47 Å². The number of carbonyl (C=O) groups is 2. The summed E-state index contributed by atoms with van der Waals surface area (Å²) in [4.78, 5) is 26.1. The Labute approximate surface area is 181 Å². The molecule has 1 aliphatic rings. The molecule has 1 saturated heterocycles. The second kappa shape index (κ2) is 9.93. The SMILES string of the molecule is C=CCc1cc(/C=C2/NC(=O)N(Cc3ccccc3F)C2=O)cc(OCC)c1OCC. The van der Waals surface area contributed by atoms with E-state index in [1.54, 1.807) is 36.4 Å². The standard InChI is InChI=1S/C24H25FN2O4/c1-4-9-17-12-16(14-21(30-5-2)22(17)31-6-3)13-20-23(28)27(24(29)26-20)15-18-10-7-8-11-19(18)25/h4,7-8,10-14H,1,5-6,9,15H2,2-3H3,(H,26,29)/b20-13+. The maximum atomic E-state index is 14.0. The first-order valence-electron chi connectivity index (χ1n) is 10.1. The lowest BCUT2D eigenvalue weighted by atomic mass is 10.0. The average molecular weight is 424 g/mol. The summed E-state index contributed by atoms with van der Waals surface area (Å²) in [7, 11) is 0. The van der Waals surface area contributed by atoms with Gasteiger partial charge in [-0.05, 0) is 50.1 Å². The minimum atomic E-state index is -0.596. The Morgan fingerprint density at radius 1 is 1.10 bits per heavy atom. The fraction of sp³-hybridized carbons (Fsp3) is 0.250. The van der Waals surface area contributed by atoms with Gasteiger partial charge in [0.15, 0.2) is 11.5 Å². The van der Waals surface area contributed by atoms with Crippen LogP contribution in [0.5, 0.6) is 11.5 Å². The summed E-state index contributed by atoms with van der Waals surface area (Å²) in [5.74, 6) is 0.192. The highest BCUT2D eigenvalue weighted by atomic mass is 19.1. The van der Waals surface area contributed by atoms with Gasteiger partial charge in [0.05, 0.1) is 19.8 Å². The second-order valence-electron chi connectivity index (χ2n) is 6.84. The molecule has 0 atom stereocenters. The predicted molar refractivity (Wildman–Crippen MR) is 116 cm³/mol. The molecule has 3 amide bonds. The molecule has 1 fully saturated rings. The molecule has 6 nitrogen and oxygen atoms in total. The number of carbonyl (C=O) groups excluding carboxylic acids is 2. The number of imide groups is 1. The Balaban J connectivity index is 1.93. The number of urea groups is 1. The lowest BCUT2D eigenvalue weighted by molar-refractivity contribution is -0.123. The molecule has 162 valence electrons. The van der Waals surface area contributed by atoms with Gasteiger partial charge in [-0.3, -0.25) is 9.69 Å². The number of halogens is 1. The van der Waals surface area contributed by atoms with Crippen LogP contribution in [0.2, 0.25) is 0 Å². The van der Waals surface area contributed by atoms with Gasteiger partial charge >= 0.3 is 6.03 Å². The number of allylic oxidation sites excluding steroid dienone is 1. The minimum Gasteiger partial charge on any atom is -0.490 e. The van der Waals surface area contributed by atoms with Gasteiger partial charge in [-0.25, -0.2) is 9.18 Å². The zero-order valence-corrected chi connectivity index (χ0v) is 17.6. The van der Waals surface area contributed by atoms with Gasteiger partial charge in [0.25, 0.3) is 5.91 Å². The molecule has 1 heterocycles. The summed E-state index contributed by atoms with van der Waals surface area (Å²) < 4.78 is 25.4. The number of ether oxygens (including phenoxy) is 2. The van der Waals surface area contributed by atoms with Gasteiger partial charge in [0.1, 0.15) is 11.5 Å². The largest absolute Gasteiger partial charge is 0.490 e. The molecule has 0 radical (unpaired) electrons. The van der Waals surface area contributed by atoms with E-state index in [9.17, 15) is 14.0 Å². The molecular formula is C24H25FN2O4. The smallest absolute Gasteiger partial charge is 0.329 e. The normalized spacial score (nSPS) is 14.7. The minimum absolute atomic E-state index is 0.109. The number of hydrogen-bond acceptors (Lipinski definition) is 4. The van der Waals surface area contributed by atoms with E-state index in [-0.39, 0.29) is 17.8 Å². The summed E-state index contributed by atoms with van der Waals surface area (Å²) in [6.45, 7) is 8.32. The van der Waals surface area contributed by atoms with Gasteiger partial charge in [-0.1, -0.05) is 24.3 Å². The average Bonchev–Trinajstić information content (AvgIpc) is 3.00. The monoisotopic (exact) mass is 424 g/mol. The lowest BCUT2D eigenvalue weighted by Crippen LogP contribution is -2.30. The third-order valence-corrected chi connectivity index (χ3v) is 4.67. The second-order valence-corrected chi connectivity index (χ2v) is 6.84. The molecule has 31 heavy (non-hydrogen) atoms. The highest BCUT2D eigenvalue weighted by Gasteiger charge is 2.34. The molecule has 1 aliphatic heterocycles. The van der Waals surface area contributed by atoms with E-state index in [0.29, 0.717) is 36.7 Å². The third kappa shape index (κ3) is 4.94. The summed E-state index contributed by atoms with van der Waals surface area (Å²) >= 11 is 0. The van der Waals surface area contributed by atoms with Crippen LogP contribution in [0.3, 0.4) is 0 Å². The molecule has 0 unspecified atom stereocenters. The molecule has 0 aliphatic carbocycles. The molecule has 0 saturated carbocycles. The topological polar surface area (TPSA) is 67.9 Å². The summed E-state index contributed by atoms with van der Waals surface area (Å²) in [5.41, 5.74) is 1.90. The molecule has 0 aromatic heterocycles. The molecule has 2 aromatic rings. The Kier molecular flexibility index (Phi) is 7.07. The van der Waals surface area contributed by atoms with E-state index in [1.165, 1.54) is 6.07 Å². The number of benzene rings is 2. The quantitative estimate of drug-likeness (QED) is 0.367. The number of nitrogens with zero attached hydrogens (tertiary/aromatic N) is 1. The van der Waals surface area contributed by atoms with Crippen LogP contribution in [-0.4, -0.2) is 30.1 Å². The van der Waals surface area contributed by atoms with Crippen LogP contribution in [0.15, 0.2) is 54.8 Å². The molecular weight excluding hydrogens is 399 g/mol. The summed E-state index contributed by atoms with van der Waals surface area (Å²) in [6.07, 6.45) is 3.88. The molecule has 7 heteroatoms. The van der Waals surface area contributed by atoms with E-state index < -0.39 is 17.8 Å². The van der Waals surface area contributed by atoms with Crippen LogP contribution >= 0.6 is 0 Å². The zero-order chi connectivity index (χ0) is 22.4. The van der Waals surface area contributed by atoms with Gasteiger partial charge in [-0.2, -0.15) is 0 Å². The van der Waals surface area contributed by atoms with Gasteiger partial charge < -0.3 is 14.8 Å². The molecule has 0 spiro atoms. The molecule has 3 rings (SSSR count). The Morgan fingerprint density at radius 3 is 2.52 bits per heavy atom. The van der Waals surface area contributed by atoms with Crippen LogP contribution in [0.25, 0.3) is 6.08 Å². The Bertz CT molecular complexity index is 1030. The van der Waals surface area contributed by atoms with Crippen LogP contribution in [0.4, 0.5) is 9.18 Å². The van der Waals surface area contributed by atoms with Crippen molar-refractivity contribution in [3.63, 3.8) is 0 Å². The lowest BCUT2D eigenvalue weighted by Gasteiger charge is -2.16. The first-order chi connectivity index (χ1) is 15.0.